The summed E-state index contributed by atoms with van der Waals surface area (Å²) in [4.78, 5) is 16.6. The zero-order chi connectivity index (χ0) is 15.1. The van der Waals surface area contributed by atoms with E-state index in [9.17, 15) is 4.79 Å². The molecule has 114 valence electrons. The van der Waals surface area contributed by atoms with Gasteiger partial charge in [0.05, 0.1) is 10.6 Å². The van der Waals surface area contributed by atoms with E-state index in [1.54, 1.807) is 11.3 Å². The summed E-state index contributed by atoms with van der Waals surface area (Å²) in [6, 6.07) is 2.39. The topological polar surface area (TPSA) is 50.2 Å². The molecule has 0 radical (unpaired) electrons. The average Bonchev–Trinajstić information content (AvgIpc) is 2.99. The van der Waals surface area contributed by atoms with Gasteiger partial charge in [-0.15, -0.1) is 11.3 Å². The predicted octanol–water partition coefficient (Wildman–Crippen LogP) is 2.19. The lowest BCUT2D eigenvalue weighted by molar-refractivity contribution is 0.0714. The van der Waals surface area contributed by atoms with E-state index >= 15 is 0 Å². The Labute approximate surface area is 128 Å². The molecule has 5 nitrogen and oxygen atoms in total. The lowest BCUT2D eigenvalue weighted by atomic mass is 10.1. The highest BCUT2D eigenvalue weighted by Gasteiger charge is 2.25. The summed E-state index contributed by atoms with van der Waals surface area (Å²) in [5, 5.41) is 9.06. The van der Waals surface area contributed by atoms with Crippen LogP contribution in [0.5, 0.6) is 0 Å². The number of aryl methyl sites for hydroxylation is 1. The van der Waals surface area contributed by atoms with Crippen molar-refractivity contribution in [3.63, 3.8) is 0 Å². The molecular weight excluding hydrogens is 284 g/mol. The molecule has 0 aliphatic carbocycles. The Morgan fingerprint density at radius 3 is 2.95 bits per heavy atom. The fraction of sp³-hybridized carbons (Fsp3) is 0.600. The van der Waals surface area contributed by atoms with Crippen LogP contribution in [0.2, 0.25) is 0 Å². The molecule has 1 aliphatic heterocycles. The molecule has 1 fully saturated rings. The van der Waals surface area contributed by atoms with Crippen LogP contribution in [-0.2, 0) is 7.05 Å². The zero-order valence-corrected chi connectivity index (χ0v) is 13.8. The van der Waals surface area contributed by atoms with Gasteiger partial charge in [-0.1, -0.05) is 13.8 Å². The van der Waals surface area contributed by atoms with E-state index in [4.69, 9.17) is 0 Å². The second-order valence-electron chi connectivity index (χ2n) is 6.10. The van der Waals surface area contributed by atoms with Gasteiger partial charge in [-0.2, -0.15) is 5.10 Å². The fourth-order valence-electron chi connectivity index (χ4n) is 2.87. The van der Waals surface area contributed by atoms with Crippen molar-refractivity contribution < 1.29 is 4.79 Å². The van der Waals surface area contributed by atoms with Gasteiger partial charge >= 0.3 is 0 Å². The Hall–Kier alpha value is -1.40. The average molecular weight is 306 g/mol. The number of aromatic nitrogens is 2. The van der Waals surface area contributed by atoms with Crippen LogP contribution in [0.3, 0.4) is 0 Å². The first-order chi connectivity index (χ1) is 9.97. The Balaban J connectivity index is 1.93. The number of fused-ring (bicyclic) bond motifs is 1. The van der Waals surface area contributed by atoms with Gasteiger partial charge in [0, 0.05) is 38.1 Å². The number of carbonyl (C=O) groups excluding carboxylic acids is 1. The number of rotatable bonds is 2. The number of carbonyl (C=O) groups is 1. The van der Waals surface area contributed by atoms with Crippen molar-refractivity contribution in [1.29, 1.82) is 0 Å². The predicted molar refractivity (Wildman–Crippen MR) is 86.0 cm³/mol. The third-order valence-corrected chi connectivity index (χ3v) is 5.14. The van der Waals surface area contributed by atoms with E-state index in [0.717, 1.165) is 40.4 Å². The number of piperazine rings is 1. The van der Waals surface area contributed by atoms with Crippen molar-refractivity contribution in [2.45, 2.75) is 32.7 Å². The molecule has 1 atom stereocenters. The number of nitrogens with zero attached hydrogens (tertiary/aromatic N) is 3. The van der Waals surface area contributed by atoms with Crippen LogP contribution in [0.25, 0.3) is 10.2 Å². The van der Waals surface area contributed by atoms with Crippen molar-refractivity contribution in [1.82, 2.24) is 20.0 Å². The standard InChI is InChI=1S/C15H22N4OS/c1-9(2)13-11-7-12(21-15(11)18(4)17-13)14(20)19-6-5-16-10(3)8-19/h7,9-10,16H,5-6,8H2,1-4H3. The Morgan fingerprint density at radius 1 is 1.52 bits per heavy atom. The summed E-state index contributed by atoms with van der Waals surface area (Å²) >= 11 is 1.55. The molecule has 0 spiro atoms. The Morgan fingerprint density at radius 2 is 2.29 bits per heavy atom. The first-order valence-corrected chi connectivity index (χ1v) is 8.28. The van der Waals surface area contributed by atoms with Gasteiger partial charge in [0.25, 0.3) is 5.91 Å². The minimum Gasteiger partial charge on any atom is -0.335 e. The summed E-state index contributed by atoms with van der Waals surface area (Å²) in [5.74, 6) is 0.518. The van der Waals surface area contributed by atoms with Crippen LogP contribution >= 0.6 is 11.3 Å². The zero-order valence-electron chi connectivity index (χ0n) is 13.0. The van der Waals surface area contributed by atoms with E-state index < -0.39 is 0 Å². The summed E-state index contributed by atoms with van der Waals surface area (Å²) in [6.45, 7) is 8.83. The van der Waals surface area contributed by atoms with Crippen LogP contribution < -0.4 is 5.32 Å². The highest BCUT2D eigenvalue weighted by Crippen LogP contribution is 2.32. The largest absolute Gasteiger partial charge is 0.335 e. The molecule has 1 N–H and O–H groups in total. The highest BCUT2D eigenvalue weighted by atomic mass is 32.1. The number of amides is 1. The smallest absolute Gasteiger partial charge is 0.264 e. The SMILES string of the molecule is CC1CN(C(=O)c2cc3c(C(C)C)nn(C)c3s2)CCN1. The van der Waals surface area contributed by atoms with Crippen molar-refractivity contribution in [3.05, 3.63) is 16.6 Å². The van der Waals surface area contributed by atoms with Crippen molar-refractivity contribution in [2.75, 3.05) is 19.6 Å². The molecule has 21 heavy (non-hydrogen) atoms. The molecule has 0 bridgehead atoms. The van der Waals surface area contributed by atoms with E-state index in [1.165, 1.54) is 0 Å². The quantitative estimate of drug-likeness (QED) is 0.925. The molecule has 1 amide bonds. The summed E-state index contributed by atoms with van der Waals surface area (Å²) < 4.78 is 1.90. The van der Waals surface area contributed by atoms with E-state index in [2.05, 4.69) is 31.2 Å². The van der Waals surface area contributed by atoms with Gasteiger partial charge in [0.15, 0.2) is 0 Å². The van der Waals surface area contributed by atoms with Crippen LogP contribution in [0.1, 0.15) is 42.1 Å². The molecule has 2 aromatic rings. The van der Waals surface area contributed by atoms with Crippen molar-refractivity contribution >= 4 is 27.5 Å². The number of nitrogens with one attached hydrogen (secondary N) is 1. The third kappa shape index (κ3) is 2.58. The number of thiophene rings is 1. The highest BCUT2D eigenvalue weighted by molar-refractivity contribution is 7.20. The van der Waals surface area contributed by atoms with Crippen LogP contribution in [0.4, 0.5) is 0 Å². The first-order valence-electron chi connectivity index (χ1n) is 7.46. The van der Waals surface area contributed by atoms with Crippen molar-refractivity contribution in [3.8, 4) is 0 Å². The lowest BCUT2D eigenvalue weighted by Crippen LogP contribution is -2.51. The Kier molecular flexibility index (Phi) is 3.75. The van der Waals surface area contributed by atoms with Crippen LogP contribution in [0.15, 0.2) is 6.07 Å². The third-order valence-electron chi connectivity index (χ3n) is 3.95. The second kappa shape index (κ2) is 5.42. The maximum atomic E-state index is 12.7. The van der Waals surface area contributed by atoms with Crippen LogP contribution in [0, 0.1) is 0 Å². The molecule has 1 unspecified atom stereocenters. The summed E-state index contributed by atoms with van der Waals surface area (Å²) in [7, 11) is 1.95. The Bertz CT molecular complexity index is 673. The van der Waals surface area contributed by atoms with Gasteiger partial charge in [0.2, 0.25) is 0 Å². The maximum absolute atomic E-state index is 12.7. The molecule has 2 aromatic heterocycles. The molecule has 1 saturated heterocycles. The van der Waals surface area contributed by atoms with E-state index in [1.807, 2.05) is 22.7 Å². The van der Waals surface area contributed by atoms with Gasteiger partial charge in [0.1, 0.15) is 4.83 Å². The lowest BCUT2D eigenvalue weighted by Gasteiger charge is -2.31. The first kappa shape index (κ1) is 14.5. The molecule has 6 heteroatoms. The van der Waals surface area contributed by atoms with E-state index in [-0.39, 0.29) is 5.91 Å². The molecular formula is C15H22N4OS. The van der Waals surface area contributed by atoms with Gasteiger partial charge < -0.3 is 10.2 Å². The second-order valence-corrected chi connectivity index (χ2v) is 7.13. The number of hydrogen-bond donors (Lipinski definition) is 1. The minimum atomic E-state index is 0.152. The van der Waals surface area contributed by atoms with Crippen molar-refractivity contribution in [2.24, 2.45) is 7.05 Å². The van der Waals surface area contributed by atoms with Gasteiger partial charge in [-0.25, -0.2) is 0 Å². The van der Waals surface area contributed by atoms with Gasteiger partial charge in [-0.05, 0) is 18.9 Å². The minimum absolute atomic E-state index is 0.152. The van der Waals surface area contributed by atoms with Crippen LogP contribution in [-0.4, -0.2) is 46.3 Å². The maximum Gasteiger partial charge on any atom is 0.264 e. The summed E-state index contributed by atoms with van der Waals surface area (Å²) in [6.07, 6.45) is 0. The molecule has 3 heterocycles. The summed E-state index contributed by atoms with van der Waals surface area (Å²) in [5.41, 5.74) is 1.08. The molecule has 1 aliphatic rings. The normalized spacial score (nSPS) is 19.7. The number of hydrogen-bond acceptors (Lipinski definition) is 4. The molecule has 0 aromatic carbocycles. The fourth-order valence-corrected chi connectivity index (χ4v) is 3.92. The molecule has 0 saturated carbocycles. The molecule has 3 rings (SSSR count). The monoisotopic (exact) mass is 306 g/mol. The van der Waals surface area contributed by atoms with E-state index in [0.29, 0.717) is 12.0 Å². The van der Waals surface area contributed by atoms with Gasteiger partial charge in [-0.3, -0.25) is 9.48 Å².